The van der Waals surface area contributed by atoms with E-state index in [4.69, 9.17) is 11.6 Å². The highest BCUT2D eigenvalue weighted by Gasteiger charge is 2.18. The molecule has 1 amide bonds. The first-order valence-electron chi connectivity index (χ1n) is 7.44. The van der Waals surface area contributed by atoms with Crippen molar-refractivity contribution in [2.45, 2.75) is 45.2 Å². The van der Waals surface area contributed by atoms with Crippen LogP contribution in [0.4, 0.5) is 0 Å². The molecule has 20 heavy (non-hydrogen) atoms. The Balaban J connectivity index is 1.85. The molecule has 0 bridgehead atoms. The largest absolute Gasteiger partial charge is 0.339 e. The first-order valence-corrected chi connectivity index (χ1v) is 7.82. The van der Waals surface area contributed by atoms with E-state index in [2.05, 4.69) is 5.32 Å². The second-order valence-corrected chi connectivity index (χ2v) is 5.81. The maximum absolute atomic E-state index is 12.3. The maximum atomic E-state index is 12.3. The second kappa shape index (κ2) is 7.65. The third kappa shape index (κ3) is 4.50. The van der Waals surface area contributed by atoms with Gasteiger partial charge in [-0.3, -0.25) is 4.79 Å². The van der Waals surface area contributed by atoms with E-state index in [9.17, 15) is 4.79 Å². The van der Waals surface area contributed by atoms with Gasteiger partial charge in [-0.25, -0.2) is 0 Å². The normalized spacial score (nSPS) is 18.2. The van der Waals surface area contributed by atoms with Crippen molar-refractivity contribution in [1.29, 1.82) is 0 Å². The van der Waals surface area contributed by atoms with Crippen LogP contribution >= 0.6 is 11.6 Å². The fraction of sp³-hybridized carbons (Fsp3) is 0.562. The smallest absolute Gasteiger partial charge is 0.222 e. The molecule has 2 rings (SSSR count). The molecule has 1 aromatic carbocycles. The molecule has 1 N–H and O–H groups in total. The van der Waals surface area contributed by atoms with E-state index in [-0.39, 0.29) is 5.91 Å². The number of amides is 1. The summed E-state index contributed by atoms with van der Waals surface area (Å²) in [6, 6.07) is 8.26. The highest BCUT2D eigenvalue weighted by molar-refractivity contribution is 6.30. The molecule has 1 saturated heterocycles. The summed E-state index contributed by atoms with van der Waals surface area (Å²) in [6.45, 7) is 4.51. The van der Waals surface area contributed by atoms with Gasteiger partial charge in [-0.15, -0.1) is 0 Å². The number of benzene rings is 1. The van der Waals surface area contributed by atoms with Crippen molar-refractivity contribution in [2.24, 2.45) is 0 Å². The van der Waals surface area contributed by atoms with Crippen molar-refractivity contribution in [3.8, 4) is 0 Å². The van der Waals surface area contributed by atoms with Gasteiger partial charge in [0.05, 0.1) is 0 Å². The van der Waals surface area contributed by atoms with Gasteiger partial charge in [-0.1, -0.05) is 23.7 Å². The molecule has 0 spiro atoms. The molecule has 1 aliphatic heterocycles. The van der Waals surface area contributed by atoms with Gasteiger partial charge in [-0.05, 0) is 50.4 Å². The van der Waals surface area contributed by atoms with Gasteiger partial charge in [0.2, 0.25) is 5.91 Å². The van der Waals surface area contributed by atoms with E-state index in [1.54, 1.807) is 0 Å². The van der Waals surface area contributed by atoms with Gasteiger partial charge in [0, 0.05) is 30.6 Å². The van der Waals surface area contributed by atoms with Crippen LogP contribution in [0.3, 0.4) is 0 Å². The quantitative estimate of drug-likeness (QED) is 0.874. The van der Waals surface area contributed by atoms with Crippen molar-refractivity contribution in [2.75, 3.05) is 13.1 Å². The lowest BCUT2D eigenvalue weighted by molar-refractivity contribution is -0.131. The summed E-state index contributed by atoms with van der Waals surface area (Å²) in [6.07, 6.45) is 4.02. The minimum atomic E-state index is 0.237. The lowest BCUT2D eigenvalue weighted by Crippen LogP contribution is -2.32. The Morgan fingerprint density at radius 2 is 2.35 bits per heavy atom. The average molecular weight is 295 g/mol. The van der Waals surface area contributed by atoms with Gasteiger partial charge in [0.25, 0.3) is 0 Å². The van der Waals surface area contributed by atoms with Crippen LogP contribution < -0.4 is 5.32 Å². The molecule has 110 valence electrons. The Kier molecular flexibility index (Phi) is 5.86. The fourth-order valence-electron chi connectivity index (χ4n) is 2.69. The molecule has 1 fully saturated rings. The Morgan fingerprint density at radius 1 is 1.50 bits per heavy atom. The molecule has 1 unspecified atom stereocenters. The summed E-state index contributed by atoms with van der Waals surface area (Å²) in [5.41, 5.74) is 1.09. The molecule has 1 aromatic rings. The van der Waals surface area contributed by atoms with Crippen LogP contribution in [0.15, 0.2) is 24.3 Å². The molecule has 1 heterocycles. The first-order chi connectivity index (χ1) is 9.69. The SMILES string of the molecule is CCN(Cc1cccc(Cl)c1)C(=O)CCC1CCCN1. The molecule has 1 atom stereocenters. The highest BCUT2D eigenvalue weighted by atomic mass is 35.5. The molecule has 0 aliphatic carbocycles. The Hall–Kier alpha value is -1.06. The minimum absolute atomic E-state index is 0.237. The van der Waals surface area contributed by atoms with E-state index < -0.39 is 0 Å². The van der Waals surface area contributed by atoms with Crippen molar-refractivity contribution in [3.63, 3.8) is 0 Å². The van der Waals surface area contributed by atoms with E-state index in [0.717, 1.165) is 30.1 Å². The summed E-state index contributed by atoms with van der Waals surface area (Å²) in [7, 11) is 0. The van der Waals surface area contributed by atoms with Gasteiger partial charge < -0.3 is 10.2 Å². The zero-order chi connectivity index (χ0) is 14.4. The fourth-order valence-corrected chi connectivity index (χ4v) is 2.90. The molecule has 1 aliphatic rings. The lowest BCUT2D eigenvalue weighted by atomic mass is 10.1. The topological polar surface area (TPSA) is 32.3 Å². The van der Waals surface area contributed by atoms with Crippen LogP contribution in [0.25, 0.3) is 0 Å². The van der Waals surface area contributed by atoms with Crippen molar-refractivity contribution < 1.29 is 4.79 Å². The van der Waals surface area contributed by atoms with Gasteiger partial charge >= 0.3 is 0 Å². The van der Waals surface area contributed by atoms with Gasteiger partial charge in [0.1, 0.15) is 0 Å². The molecule has 0 aromatic heterocycles. The van der Waals surface area contributed by atoms with E-state index >= 15 is 0 Å². The molecule has 3 nitrogen and oxygen atoms in total. The average Bonchev–Trinajstić information content (AvgIpc) is 2.95. The number of nitrogens with one attached hydrogen (secondary N) is 1. The van der Waals surface area contributed by atoms with Crippen LogP contribution in [0.2, 0.25) is 5.02 Å². The summed E-state index contributed by atoms with van der Waals surface area (Å²) in [4.78, 5) is 14.2. The number of nitrogens with zero attached hydrogens (tertiary/aromatic N) is 1. The summed E-state index contributed by atoms with van der Waals surface area (Å²) in [5, 5.41) is 4.16. The maximum Gasteiger partial charge on any atom is 0.222 e. The van der Waals surface area contributed by atoms with E-state index in [1.165, 1.54) is 12.8 Å². The number of rotatable bonds is 6. The van der Waals surface area contributed by atoms with Crippen LogP contribution in [0.5, 0.6) is 0 Å². The number of carbonyl (C=O) groups excluding carboxylic acids is 1. The molecular formula is C16H23ClN2O. The Bertz CT molecular complexity index is 444. The zero-order valence-corrected chi connectivity index (χ0v) is 12.8. The summed E-state index contributed by atoms with van der Waals surface area (Å²) < 4.78 is 0. The number of hydrogen-bond acceptors (Lipinski definition) is 2. The van der Waals surface area contributed by atoms with E-state index in [1.807, 2.05) is 36.1 Å². The third-order valence-corrected chi connectivity index (χ3v) is 4.10. The van der Waals surface area contributed by atoms with Crippen molar-refractivity contribution in [1.82, 2.24) is 10.2 Å². The van der Waals surface area contributed by atoms with E-state index in [0.29, 0.717) is 19.0 Å². The second-order valence-electron chi connectivity index (χ2n) is 5.37. The summed E-state index contributed by atoms with van der Waals surface area (Å²) in [5.74, 6) is 0.237. The Labute approximate surface area is 126 Å². The predicted molar refractivity (Wildman–Crippen MR) is 82.8 cm³/mol. The third-order valence-electron chi connectivity index (χ3n) is 3.87. The van der Waals surface area contributed by atoms with Crippen LogP contribution in [-0.4, -0.2) is 29.9 Å². The number of halogens is 1. The molecule has 0 saturated carbocycles. The predicted octanol–water partition coefficient (Wildman–Crippen LogP) is 3.22. The van der Waals surface area contributed by atoms with Gasteiger partial charge in [-0.2, -0.15) is 0 Å². The zero-order valence-electron chi connectivity index (χ0n) is 12.1. The first kappa shape index (κ1) is 15.3. The molecule has 0 radical (unpaired) electrons. The van der Waals surface area contributed by atoms with Crippen LogP contribution in [0.1, 0.15) is 38.2 Å². The van der Waals surface area contributed by atoms with Crippen molar-refractivity contribution >= 4 is 17.5 Å². The minimum Gasteiger partial charge on any atom is -0.339 e. The number of carbonyl (C=O) groups is 1. The standard InChI is InChI=1S/C16H23ClN2O/c1-2-19(12-13-5-3-6-14(17)11-13)16(20)9-8-15-7-4-10-18-15/h3,5-6,11,15,18H,2,4,7-10,12H2,1H3. The number of hydrogen-bond donors (Lipinski definition) is 1. The summed E-state index contributed by atoms with van der Waals surface area (Å²) >= 11 is 5.99. The van der Waals surface area contributed by atoms with Crippen molar-refractivity contribution in [3.05, 3.63) is 34.9 Å². The van der Waals surface area contributed by atoms with Gasteiger partial charge in [0.15, 0.2) is 0 Å². The lowest BCUT2D eigenvalue weighted by Gasteiger charge is -2.22. The monoisotopic (exact) mass is 294 g/mol. The molecular weight excluding hydrogens is 272 g/mol. The Morgan fingerprint density at radius 3 is 3.00 bits per heavy atom. The molecule has 4 heteroatoms. The van der Waals surface area contributed by atoms with Crippen LogP contribution in [0, 0.1) is 0 Å². The van der Waals surface area contributed by atoms with Crippen LogP contribution in [-0.2, 0) is 11.3 Å². The highest BCUT2D eigenvalue weighted by Crippen LogP contribution is 2.15.